The highest BCUT2D eigenvalue weighted by atomic mass is 127. The minimum atomic E-state index is -4.85. The van der Waals surface area contributed by atoms with E-state index < -0.39 is 18.2 Å². The number of ether oxygens (including phenoxy) is 1. The fourth-order valence-electron chi connectivity index (χ4n) is 1.26. The molecule has 0 aliphatic rings. The van der Waals surface area contributed by atoms with Gasteiger partial charge in [0.25, 0.3) is 0 Å². The van der Waals surface area contributed by atoms with Gasteiger partial charge in [-0.25, -0.2) is 4.98 Å². The van der Waals surface area contributed by atoms with Gasteiger partial charge in [-0.2, -0.15) is 0 Å². The Morgan fingerprint density at radius 2 is 2.17 bits per heavy atom. The molecule has 0 aliphatic heterocycles. The van der Waals surface area contributed by atoms with E-state index in [4.69, 9.17) is 10.8 Å². The van der Waals surface area contributed by atoms with E-state index in [0.29, 0.717) is 5.56 Å². The summed E-state index contributed by atoms with van der Waals surface area (Å²) in [6.45, 7) is -0.102. The predicted molar refractivity (Wildman–Crippen MR) is 62.9 cm³/mol. The van der Waals surface area contributed by atoms with Crippen LogP contribution in [0, 0.1) is 3.70 Å². The monoisotopic (exact) mass is 376 g/mol. The maximum atomic E-state index is 12.0. The number of carboxylic acids is 1. The van der Waals surface area contributed by atoms with Crippen molar-refractivity contribution in [2.24, 2.45) is 5.73 Å². The molecule has 9 heteroatoms. The van der Waals surface area contributed by atoms with Gasteiger partial charge in [0, 0.05) is 12.6 Å². The van der Waals surface area contributed by atoms with Crippen molar-refractivity contribution < 1.29 is 27.8 Å². The number of carbonyl (C=O) groups is 1. The Kier molecular flexibility index (Phi) is 4.73. The van der Waals surface area contributed by atoms with Crippen molar-refractivity contribution in [2.75, 3.05) is 0 Å². The first kappa shape index (κ1) is 15.0. The fraction of sp³-hybridized carbons (Fsp3) is 0.333. The zero-order valence-electron chi connectivity index (χ0n) is 8.79. The number of halogens is 4. The number of nitrogens with zero attached hydrogens (tertiary/aromatic N) is 1. The second kappa shape index (κ2) is 5.69. The highest BCUT2D eigenvalue weighted by Gasteiger charge is 2.32. The van der Waals surface area contributed by atoms with E-state index in [1.807, 2.05) is 0 Å². The Balaban J connectivity index is 3.14. The van der Waals surface area contributed by atoms with Gasteiger partial charge in [0.1, 0.15) is 3.70 Å². The number of aliphatic carboxylic acids is 1. The molecule has 0 saturated carbocycles. The minimum Gasteiger partial charge on any atom is -0.481 e. The van der Waals surface area contributed by atoms with Crippen LogP contribution in [-0.4, -0.2) is 22.4 Å². The van der Waals surface area contributed by atoms with E-state index in [1.54, 1.807) is 22.6 Å². The molecule has 1 aromatic heterocycles. The summed E-state index contributed by atoms with van der Waals surface area (Å²) in [6, 6.07) is 0.994. The molecule has 0 radical (unpaired) electrons. The molecular weight excluding hydrogens is 368 g/mol. The number of aromatic nitrogens is 1. The molecule has 18 heavy (non-hydrogen) atoms. The first-order valence-electron chi connectivity index (χ1n) is 4.59. The highest BCUT2D eigenvalue weighted by molar-refractivity contribution is 14.1. The number of hydrogen-bond acceptors (Lipinski definition) is 4. The van der Waals surface area contributed by atoms with Crippen LogP contribution in [0.4, 0.5) is 13.2 Å². The molecular formula is C9H8F3IN2O3. The summed E-state index contributed by atoms with van der Waals surface area (Å²) in [4.78, 5) is 14.2. The molecule has 0 aromatic carbocycles. The van der Waals surface area contributed by atoms with Crippen molar-refractivity contribution in [3.05, 3.63) is 20.9 Å². The number of carboxylic acid groups (broad SMARTS) is 1. The Morgan fingerprint density at radius 1 is 1.56 bits per heavy atom. The molecule has 0 atom stereocenters. The van der Waals surface area contributed by atoms with E-state index in [1.165, 1.54) is 0 Å². The number of alkyl halides is 3. The van der Waals surface area contributed by atoms with Gasteiger partial charge in [0.15, 0.2) is 0 Å². The molecule has 3 N–H and O–H groups in total. The molecule has 0 bridgehead atoms. The average molecular weight is 376 g/mol. The van der Waals surface area contributed by atoms with Crippen LogP contribution < -0.4 is 10.5 Å². The normalized spacial score (nSPS) is 11.4. The van der Waals surface area contributed by atoms with E-state index in [-0.39, 0.29) is 22.2 Å². The number of rotatable bonds is 4. The molecule has 1 heterocycles. The molecule has 0 unspecified atom stereocenters. The van der Waals surface area contributed by atoms with Crippen LogP contribution in [-0.2, 0) is 17.8 Å². The van der Waals surface area contributed by atoms with Crippen LogP contribution in [0.15, 0.2) is 6.07 Å². The van der Waals surface area contributed by atoms with E-state index in [9.17, 15) is 18.0 Å². The molecule has 1 aromatic rings. The SMILES string of the molecule is NCc1cc(OC(F)(F)F)nc(I)c1CC(=O)O. The quantitative estimate of drug-likeness (QED) is 0.617. The molecule has 5 nitrogen and oxygen atoms in total. The minimum absolute atomic E-state index is 0.102. The summed E-state index contributed by atoms with van der Waals surface area (Å²) in [5.74, 6) is -1.77. The number of hydrogen-bond donors (Lipinski definition) is 2. The lowest BCUT2D eigenvalue weighted by Gasteiger charge is -2.12. The van der Waals surface area contributed by atoms with Gasteiger partial charge in [-0.15, -0.1) is 13.2 Å². The standard InChI is InChI=1S/C9H8F3IN2O3/c10-9(11,12)18-6-1-4(3-14)5(2-7(16)17)8(13)15-6/h1H,2-3,14H2,(H,16,17). The molecule has 0 amide bonds. The molecule has 0 aliphatic carbocycles. The van der Waals surface area contributed by atoms with Crippen LogP contribution in [0.2, 0.25) is 0 Å². The van der Waals surface area contributed by atoms with Crippen LogP contribution in [0.1, 0.15) is 11.1 Å². The second-order valence-corrected chi connectivity index (χ2v) is 4.23. The largest absolute Gasteiger partial charge is 0.574 e. The smallest absolute Gasteiger partial charge is 0.481 e. The van der Waals surface area contributed by atoms with Gasteiger partial charge in [0.2, 0.25) is 5.88 Å². The summed E-state index contributed by atoms with van der Waals surface area (Å²) in [5.41, 5.74) is 5.92. The molecule has 100 valence electrons. The van der Waals surface area contributed by atoms with Gasteiger partial charge in [-0.05, 0) is 33.7 Å². The van der Waals surface area contributed by atoms with Crippen LogP contribution >= 0.6 is 22.6 Å². The lowest BCUT2D eigenvalue weighted by atomic mass is 10.1. The average Bonchev–Trinajstić information content (AvgIpc) is 2.18. The van der Waals surface area contributed by atoms with Crippen molar-refractivity contribution in [3.8, 4) is 5.88 Å². The lowest BCUT2D eigenvalue weighted by Crippen LogP contribution is -2.19. The van der Waals surface area contributed by atoms with Gasteiger partial charge in [-0.1, -0.05) is 0 Å². The molecule has 0 saturated heterocycles. The summed E-state index contributed by atoms with van der Waals surface area (Å²) in [6.07, 6.45) is -5.21. The number of pyridine rings is 1. The fourth-order valence-corrected chi connectivity index (χ4v) is 2.03. The van der Waals surface area contributed by atoms with Crippen molar-refractivity contribution >= 4 is 28.6 Å². The summed E-state index contributed by atoms with van der Waals surface area (Å²) < 4.78 is 39.9. The summed E-state index contributed by atoms with van der Waals surface area (Å²) in [5, 5.41) is 8.68. The maximum Gasteiger partial charge on any atom is 0.574 e. The number of nitrogens with two attached hydrogens (primary N) is 1. The highest BCUT2D eigenvalue weighted by Crippen LogP contribution is 2.25. The topological polar surface area (TPSA) is 85.4 Å². The predicted octanol–water partition coefficient (Wildman–Crippen LogP) is 1.67. The first-order chi connectivity index (χ1) is 8.23. The Bertz CT molecular complexity index is 465. The molecule has 0 spiro atoms. The first-order valence-corrected chi connectivity index (χ1v) is 5.66. The van der Waals surface area contributed by atoms with Gasteiger partial charge in [0.05, 0.1) is 6.42 Å². The Morgan fingerprint density at radius 3 is 2.61 bits per heavy atom. The third-order valence-corrected chi connectivity index (χ3v) is 2.80. The molecule has 0 fully saturated rings. The lowest BCUT2D eigenvalue weighted by molar-refractivity contribution is -0.276. The Labute approximate surface area is 113 Å². The van der Waals surface area contributed by atoms with E-state index in [0.717, 1.165) is 6.07 Å². The van der Waals surface area contributed by atoms with Gasteiger partial charge >= 0.3 is 12.3 Å². The maximum absolute atomic E-state index is 12.0. The van der Waals surface area contributed by atoms with Gasteiger partial charge < -0.3 is 15.6 Å². The van der Waals surface area contributed by atoms with E-state index >= 15 is 0 Å². The van der Waals surface area contributed by atoms with Gasteiger partial charge in [-0.3, -0.25) is 4.79 Å². The summed E-state index contributed by atoms with van der Waals surface area (Å²) >= 11 is 1.64. The zero-order valence-corrected chi connectivity index (χ0v) is 10.9. The Hall–Kier alpha value is -1.10. The van der Waals surface area contributed by atoms with Crippen molar-refractivity contribution in [2.45, 2.75) is 19.3 Å². The van der Waals surface area contributed by atoms with Crippen molar-refractivity contribution in [1.82, 2.24) is 4.98 Å². The van der Waals surface area contributed by atoms with Crippen molar-refractivity contribution in [3.63, 3.8) is 0 Å². The third-order valence-electron chi connectivity index (χ3n) is 1.91. The van der Waals surface area contributed by atoms with Crippen LogP contribution in [0.5, 0.6) is 5.88 Å². The van der Waals surface area contributed by atoms with E-state index in [2.05, 4.69) is 9.72 Å². The third kappa shape index (κ3) is 4.29. The van der Waals surface area contributed by atoms with Crippen molar-refractivity contribution in [1.29, 1.82) is 0 Å². The zero-order chi connectivity index (χ0) is 13.9. The van der Waals surface area contributed by atoms with Crippen LogP contribution in [0.3, 0.4) is 0 Å². The second-order valence-electron chi connectivity index (χ2n) is 3.21. The van der Waals surface area contributed by atoms with Crippen LogP contribution in [0.25, 0.3) is 0 Å². The summed E-state index contributed by atoms with van der Waals surface area (Å²) in [7, 11) is 0. The molecule has 1 rings (SSSR count).